The van der Waals surface area contributed by atoms with Crippen LogP contribution in [0.2, 0.25) is 0 Å². The largest absolute Gasteiger partial charge is 0.208 e. The van der Waals surface area contributed by atoms with Gasteiger partial charge in [-0.25, -0.2) is 15.0 Å². The maximum atomic E-state index is 5.09. The summed E-state index contributed by atoms with van der Waals surface area (Å²) in [6, 6.07) is 63.1. The van der Waals surface area contributed by atoms with Crippen molar-refractivity contribution in [3.05, 3.63) is 176 Å². The molecule has 0 spiro atoms. The van der Waals surface area contributed by atoms with E-state index in [9.17, 15) is 0 Å². The molecule has 57 heavy (non-hydrogen) atoms. The van der Waals surface area contributed by atoms with Gasteiger partial charge in [0, 0.05) is 82.8 Å². The molecule has 12 aromatic rings. The Hall–Kier alpha value is -6.57. The van der Waals surface area contributed by atoms with Crippen molar-refractivity contribution in [3.63, 3.8) is 0 Å². The first-order valence-electron chi connectivity index (χ1n) is 18.9. The first-order chi connectivity index (χ1) is 28.2. The average Bonchev–Trinajstić information content (AvgIpc) is 3.97. The maximum Gasteiger partial charge on any atom is 0.165 e. The van der Waals surface area contributed by atoms with Crippen LogP contribution < -0.4 is 0 Å². The number of aromatic nitrogens is 3. The molecule has 0 bridgehead atoms. The minimum atomic E-state index is 0.665. The Labute approximate surface area is 339 Å². The minimum absolute atomic E-state index is 0.665. The maximum absolute atomic E-state index is 5.09. The number of hydrogen-bond acceptors (Lipinski definition) is 6. The fraction of sp³-hybridized carbons (Fsp3) is 0. The zero-order valence-electron chi connectivity index (χ0n) is 30.3. The molecule has 0 aliphatic carbocycles. The van der Waals surface area contributed by atoms with Crippen LogP contribution in [0.1, 0.15) is 0 Å². The Bertz CT molecular complexity index is 3470. The predicted octanol–water partition coefficient (Wildman–Crippen LogP) is 15.3. The summed E-state index contributed by atoms with van der Waals surface area (Å²) in [7, 11) is 0. The number of thiophene rings is 3. The van der Waals surface area contributed by atoms with Crippen molar-refractivity contribution >= 4 is 94.5 Å². The fourth-order valence-electron chi connectivity index (χ4n) is 8.28. The summed E-state index contributed by atoms with van der Waals surface area (Å²) in [6.45, 7) is 0. The monoisotopic (exact) mass is 779 g/mol. The first-order valence-corrected chi connectivity index (χ1v) is 21.4. The van der Waals surface area contributed by atoms with Gasteiger partial charge in [0.2, 0.25) is 0 Å². The van der Waals surface area contributed by atoms with Crippen LogP contribution in [-0.4, -0.2) is 15.0 Å². The Morgan fingerprint density at radius 3 is 1.53 bits per heavy atom. The van der Waals surface area contributed by atoms with Crippen LogP contribution in [-0.2, 0) is 0 Å². The summed E-state index contributed by atoms with van der Waals surface area (Å²) < 4.78 is 7.68. The number of hydrogen-bond donors (Lipinski definition) is 0. The molecule has 6 heteroatoms. The first kappa shape index (κ1) is 32.7. The van der Waals surface area contributed by atoms with Gasteiger partial charge in [-0.3, -0.25) is 0 Å². The third kappa shape index (κ3) is 5.33. The number of benzene rings is 8. The molecule has 0 atom stereocenters. The van der Waals surface area contributed by atoms with Crippen molar-refractivity contribution in [2.24, 2.45) is 0 Å². The van der Waals surface area contributed by atoms with E-state index in [0.29, 0.717) is 17.5 Å². The molecule has 4 heterocycles. The molecule has 0 saturated heterocycles. The molecule has 12 rings (SSSR count). The minimum Gasteiger partial charge on any atom is -0.208 e. The standard InChI is InChI=1S/C51H29N3S3/c1-3-13-30(14-4-1)49-52-50(31-15-5-2-6-16-31)54-51(53-49)40-22-12-20-37-35-26-25-32(28-44(35)57-48(37)40)33-27-41(46-39-18-8-10-24-43(39)55-45(46)29-33)38-21-11-19-36-34-17-7-9-23-42(34)56-47(36)38/h1-29H. The highest BCUT2D eigenvalue weighted by Gasteiger charge is 2.20. The van der Waals surface area contributed by atoms with Crippen molar-refractivity contribution in [1.82, 2.24) is 15.0 Å². The lowest BCUT2D eigenvalue weighted by molar-refractivity contribution is 1.08. The quantitative estimate of drug-likeness (QED) is 0.175. The third-order valence-electron chi connectivity index (χ3n) is 10.9. The molecule has 8 aromatic carbocycles. The van der Waals surface area contributed by atoms with Crippen LogP contribution in [0.15, 0.2) is 176 Å². The van der Waals surface area contributed by atoms with E-state index in [2.05, 4.69) is 140 Å². The molecule has 0 radical (unpaired) electrons. The highest BCUT2D eigenvalue weighted by Crippen LogP contribution is 2.48. The molecule has 0 unspecified atom stereocenters. The molecule has 0 aliphatic heterocycles. The van der Waals surface area contributed by atoms with Gasteiger partial charge in [-0.2, -0.15) is 0 Å². The predicted molar refractivity (Wildman–Crippen MR) is 246 cm³/mol. The smallest absolute Gasteiger partial charge is 0.165 e. The summed E-state index contributed by atoms with van der Waals surface area (Å²) >= 11 is 5.59. The van der Waals surface area contributed by atoms with Crippen LogP contribution >= 0.6 is 34.0 Å². The van der Waals surface area contributed by atoms with Gasteiger partial charge in [-0.15, -0.1) is 34.0 Å². The van der Waals surface area contributed by atoms with Crippen molar-refractivity contribution in [1.29, 1.82) is 0 Å². The van der Waals surface area contributed by atoms with Crippen molar-refractivity contribution in [2.75, 3.05) is 0 Å². The van der Waals surface area contributed by atoms with E-state index in [0.717, 1.165) is 16.7 Å². The van der Waals surface area contributed by atoms with E-state index < -0.39 is 0 Å². The highest BCUT2D eigenvalue weighted by atomic mass is 32.1. The zero-order valence-corrected chi connectivity index (χ0v) is 32.8. The summed E-state index contributed by atoms with van der Waals surface area (Å²) in [5.41, 5.74) is 7.94. The van der Waals surface area contributed by atoms with Gasteiger partial charge in [0.15, 0.2) is 17.5 Å². The lowest BCUT2D eigenvalue weighted by Crippen LogP contribution is -2.00. The fourth-order valence-corrected chi connectivity index (χ4v) is 11.9. The lowest BCUT2D eigenvalue weighted by Gasteiger charge is -2.11. The van der Waals surface area contributed by atoms with Gasteiger partial charge >= 0.3 is 0 Å². The van der Waals surface area contributed by atoms with Gasteiger partial charge < -0.3 is 0 Å². The Balaban J connectivity index is 1.05. The van der Waals surface area contributed by atoms with Crippen LogP contribution in [0.25, 0.3) is 117 Å². The van der Waals surface area contributed by atoms with Crippen molar-refractivity contribution < 1.29 is 0 Å². The highest BCUT2D eigenvalue weighted by molar-refractivity contribution is 7.27. The molecular weight excluding hydrogens is 751 g/mol. The summed E-state index contributed by atoms with van der Waals surface area (Å²) in [6.07, 6.45) is 0. The van der Waals surface area contributed by atoms with Crippen molar-refractivity contribution in [3.8, 4) is 56.4 Å². The van der Waals surface area contributed by atoms with E-state index in [4.69, 9.17) is 15.0 Å². The number of nitrogens with zero attached hydrogens (tertiary/aromatic N) is 3. The van der Waals surface area contributed by atoms with Gasteiger partial charge in [-0.05, 0) is 53.1 Å². The Morgan fingerprint density at radius 2 is 0.807 bits per heavy atom. The second kappa shape index (κ2) is 13.0. The second-order valence-corrected chi connectivity index (χ2v) is 17.5. The zero-order chi connectivity index (χ0) is 37.5. The third-order valence-corrected chi connectivity index (χ3v) is 14.5. The molecule has 0 fully saturated rings. The SMILES string of the molecule is c1ccc(-c2nc(-c3ccccc3)nc(-c3cccc4c3sc3cc(-c5cc(-c6cccc7c6sc6ccccc67)c6c(c5)sc5ccccc56)ccc34)n2)cc1. The lowest BCUT2D eigenvalue weighted by atomic mass is 9.93. The molecule has 0 saturated carbocycles. The normalized spacial score (nSPS) is 11.9. The van der Waals surface area contributed by atoms with E-state index >= 15 is 0 Å². The number of fused-ring (bicyclic) bond motifs is 9. The van der Waals surface area contributed by atoms with Gasteiger partial charge in [0.05, 0.1) is 0 Å². The molecular formula is C51H29N3S3. The van der Waals surface area contributed by atoms with E-state index in [1.165, 1.54) is 82.8 Å². The number of rotatable bonds is 5. The van der Waals surface area contributed by atoms with Crippen LogP contribution in [0.4, 0.5) is 0 Å². The van der Waals surface area contributed by atoms with Gasteiger partial charge in [-0.1, -0.05) is 140 Å². The van der Waals surface area contributed by atoms with Gasteiger partial charge in [0.25, 0.3) is 0 Å². The second-order valence-electron chi connectivity index (χ2n) is 14.3. The Morgan fingerprint density at radius 1 is 0.281 bits per heavy atom. The van der Waals surface area contributed by atoms with E-state index in [-0.39, 0.29) is 0 Å². The van der Waals surface area contributed by atoms with Gasteiger partial charge in [0.1, 0.15) is 0 Å². The molecule has 3 nitrogen and oxygen atoms in total. The topological polar surface area (TPSA) is 38.7 Å². The average molecular weight is 780 g/mol. The summed E-state index contributed by atoms with van der Waals surface area (Å²) in [5.74, 6) is 2.01. The summed E-state index contributed by atoms with van der Waals surface area (Å²) in [5, 5.41) is 7.73. The molecule has 4 aromatic heterocycles. The molecule has 266 valence electrons. The summed E-state index contributed by atoms with van der Waals surface area (Å²) in [4.78, 5) is 15.1. The van der Waals surface area contributed by atoms with E-state index in [1.54, 1.807) is 0 Å². The molecule has 0 amide bonds. The molecule has 0 aliphatic rings. The van der Waals surface area contributed by atoms with Crippen LogP contribution in [0.3, 0.4) is 0 Å². The molecule has 0 N–H and O–H groups in total. The van der Waals surface area contributed by atoms with E-state index in [1.807, 2.05) is 70.4 Å². The Kier molecular flexibility index (Phi) is 7.45. The van der Waals surface area contributed by atoms with Crippen LogP contribution in [0, 0.1) is 0 Å². The van der Waals surface area contributed by atoms with Crippen LogP contribution in [0.5, 0.6) is 0 Å². The van der Waals surface area contributed by atoms with Crippen molar-refractivity contribution in [2.45, 2.75) is 0 Å².